The van der Waals surface area contributed by atoms with Crippen molar-refractivity contribution < 1.29 is 118 Å². The average molecular weight is 708 g/mol. The van der Waals surface area contributed by atoms with Crippen molar-refractivity contribution in [3.8, 4) is 71.0 Å². The standard InChI is InChI=1S/C32H39O8P.C2H5NO.2Na.11H2/c1-3-5-7-9-11-13-15-17-19-21-23-25-27-32(34)40-30(29-39-41(35,36)37)28-38-31(33)26-24-22-20-18-16-14-12-10-8-6-4-2;1-2(3)4;;;;;;;;;;;;;/h30H,3,5,7,9,11,13,15,17,19,21,23,25,27-29H2,1-2H3,(H2,35,36,37);1H3,(H2,3,4);;;11*1H/q;;2*+1;;;;;;;;;;;/p-2/t30-;;;;;;;;;;;;;;/m1............../s1. The Morgan fingerprint density at radius 3 is 1.55 bits per heavy atom. The van der Waals surface area contributed by atoms with Gasteiger partial charge in [0, 0.05) is 35.0 Å². The van der Waals surface area contributed by atoms with Crippen LogP contribution in [0.15, 0.2) is 0 Å². The van der Waals surface area contributed by atoms with Crippen LogP contribution in [0.4, 0.5) is 0 Å². The predicted octanol–water partition coefficient (Wildman–Crippen LogP) is -0.376. The van der Waals surface area contributed by atoms with Crippen LogP contribution in [0.25, 0.3) is 0 Å². The molecule has 10 nitrogen and oxygen atoms in total. The molecule has 0 saturated heterocycles. The average Bonchev–Trinajstić information content (AvgIpc) is 2.97. The summed E-state index contributed by atoms with van der Waals surface area (Å²) in [6.07, 6.45) is 12.5. The quantitative estimate of drug-likeness (QED) is 0.0470. The Morgan fingerprint density at radius 1 is 0.723 bits per heavy atom. The fourth-order valence-corrected chi connectivity index (χ4v) is 3.59. The molecular weight excluding hydrogens is 643 g/mol. The van der Waals surface area contributed by atoms with Crippen molar-refractivity contribution in [3.05, 3.63) is 0 Å². The summed E-state index contributed by atoms with van der Waals surface area (Å²) in [5, 5.41) is 0. The molecule has 1 amide bonds. The Hall–Kier alpha value is -2.12. The molecule has 0 aliphatic carbocycles. The van der Waals surface area contributed by atoms with Gasteiger partial charge in [-0.3, -0.25) is 9.59 Å². The van der Waals surface area contributed by atoms with Crippen LogP contribution in [0.3, 0.4) is 0 Å². The Labute approximate surface area is 341 Å². The summed E-state index contributed by atoms with van der Waals surface area (Å²) in [6, 6.07) is 0. The maximum absolute atomic E-state index is 12.2. The largest absolute Gasteiger partial charge is 1.00 e. The zero-order chi connectivity index (χ0) is 34.0. The van der Waals surface area contributed by atoms with Gasteiger partial charge in [0.1, 0.15) is 6.61 Å². The zero-order valence-electron chi connectivity index (χ0n) is 28.4. The third-order valence-electron chi connectivity index (χ3n) is 5.20. The molecule has 266 valence electrons. The molecule has 47 heavy (non-hydrogen) atoms. The van der Waals surface area contributed by atoms with Crippen molar-refractivity contribution >= 4 is 25.7 Å². The maximum atomic E-state index is 12.2. The number of amides is 1. The van der Waals surface area contributed by atoms with Gasteiger partial charge in [-0.15, -0.1) is 0 Å². The first-order valence-electron chi connectivity index (χ1n) is 14.7. The van der Waals surface area contributed by atoms with Crippen LogP contribution in [0.5, 0.6) is 0 Å². The van der Waals surface area contributed by atoms with E-state index in [9.17, 15) is 28.7 Å². The third-order valence-corrected chi connectivity index (χ3v) is 5.67. The fourth-order valence-electron chi connectivity index (χ4n) is 3.25. The van der Waals surface area contributed by atoms with Crippen LogP contribution in [0.1, 0.15) is 120 Å². The molecule has 13 heteroatoms. The van der Waals surface area contributed by atoms with Crippen LogP contribution < -0.4 is 74.6 Å². The van der Waals surface area contributed by atoms with E-state index in [0.717, 1.165) is 19.3 Å². The second-order valence-electron chi connectivity index (χ2n) is 9.33. The third kappa shape index (κ3) is 48.4. The minimum atomic E-state index is -5.31. The molecule has 0 unspecified atom stereocenters. The number of unbranched alkanes of at least 4 members (excludes halogenated alkanes) is 11. The Kier molecular flexibility index (Phi) is 42.2. The number of carbonyl (C=O) groups excluding carboxylic acids is 3. The van der Waals surface area contributed by atoms with E-state index < -0.39 is 39.1 Å². The molecule has 0 aliphatic rings. The van der Waals surface area contributed by atoms with Crippen molar-refractivity contribution in [2.75, 3.05) is 13.2 Å². The zero-order valence-corrected chi connectivity index (χ0v) is 33.3. The van der Waals surface area contributed by atoms with Crippen molar-refractivity contribution in [2.24, 2.45) is 5.73 Å². The molecule has 0 rings (SSSR count). The number of nitrogens with two attached hydrogens (primary N) is 1. The van der Waals surface area contributed by atoms with Crippen LogP contribution in [-0.4, -0.2) is 37.2 Å². The Balaban J connectivity index is -0.0000000797. The van der Waals surface area contributed by atoms with E-state index in [-0.39, 0.29) is 87.1 Å². The smallest absolute Gasteiger partial charge is 0.790 e. The number of esters is 2. The van der Waals surface area contributed by atoms with Crippen molar-refractivity contribution in [1.29, 1.82) is 0 Å². The molecule has 0 radical (unpaired) electrons. The number of hydrogen-bond donors (Lipinski definition) is 1. The molecule has 1 atom stereocenters. The van der Waals surface area contributed by atoms with Gasteiger partial charge in [-0.1, -0.05) is 83.5 Å². The summed E-state index contributed by atoms with van der Waals surface area (Å²) < 4.78 is 25.0. The van der Waals surface area contributed by atoms with Crippen LogP contribution in [0.2, 0.25) is 0 Å². The summed E-state index contributed by atoms with van der Waals surface area (Å²) in [5.41, 5.74) is 4.47. The summed E-state index contributed by atoms with van der Waals surface area (Å²) in [6.45, 7) is 3.84. The van der Waals surface area contributed by atoms with Gasteiger partial charge in [0.15, 0.2) is 6.10 Å². The maximum Gasteiger partial charge on any atom is 1.00 e. The van der Waals surface area contributed by atoms with Crippen LogP contribution >= 0.6 is 7.82 Å². The van der Waals surface area contributed by atoms with Gasteiger partial charge < -0.3 is 34.1 Å². The number of phosphoric acid groups is 1. The summed E-state index contributed by atoms with van der Waals surface area (Å²) in [7, 11) is -5.31. The monoisotopic (exact) mass is 707 g/mol. The summed E-state index contributed by atoms with van der Waals surface area (Å²) in [4.78, 5) is 54.8. The molecule has 0 fully saturated rings. The van der Waals surface area contributed by atoms with Gasteiger partial charge in [-0.05, 0) is 72.5 Å². The molecule has 0 aromatic carbocycles. The topological polar surface area (TPSA) is 168 Å². The van der Waals surface area contributed by atoms with Crippen molar-refractivity contribution in [1.82, 2.24) is 0 Å². The van der Waals surface area contributed by atoms with Gasteiger partial charge in [-0.25, -0.2) is 4.79 Å². The number of hydrogen-bond acceptors (Lipinski definition) is 9. The number of primary amides is 1. The minimum absolute atomic E-state index is 0. The predicted molar refractivity (Wildman–Crippen MR) is 191 cm³/mol. The van der Waals surface area contributed by atoms with E-state index in [1.807, 2.05) is 0 Å². The second kappa shape index (κ2) is 38.3. The second-order valence-corrected chi connectivity index (χ2v) is 10.5. The first-order chi connectivity index (χ1) is 21.5. The van der Waals surface area contributed by atoms with E-state index in [2.05, 4.69) is 88.2 Å². The summed E-state index contributed by atoms with van der Waals surface area (Å²) in [5.74, 6) is 26.8. The van der Waals surface area contributed by atoms with E-state index >= 15 is 0 Å². The van der Waals surface area contributed by atoms with E-state index in [4.69, 9.17) is 9.47 Å². The number of ether oxygens (including phenoxy) is 2. The van der Waals surface area contributed by atoms with E-state index in [0.29, 0.717) is 6.42 Å². The molecule has 0 saturated carbocycles. The summed E-state index contributed by atoms with van der Waals surface area (Å²) >= 11 is 0. The van der Waals surface area contributed by atoms with Gasteiger partial charge in [0.2, 0.25) is 5.91 Å². The Bertz CT molecular complexity index is 1360. The molecule has 2 N–H and O–H groups in total. The van der Waals surface area contributed by atoms with E-state index in [1.165, 1.54) is 58.3 Å². The molecular formula is C34H64NNa2O9P. The van der Waals surface area contributed by atoms with E-state index in [1.54, 1.807) is 6.92 Å². The minimum Gasteiger partial charge on any atom is -0.790 e. The van der Waals surface area contributed by atoms with Crippen LogP contribution in [0, 0.1) is 71.0 Å². The first kappa shape index (κ1) is 51.7. The molecule has 0 spiro atoms. The molecule has 0 aromatic heterocycles. The molecule has 0 heterocycles. The first-order valence-corrected chi connectivity index (χ1v) is 16.2. The molecule has 0 aromatic rings. The van der Waals surface area contributed by atoms with Gasteiger partial charge in [0.25, 0.3) is 0 Å². The fraction of sp³-hybridized carbons (Fsp3) is 0.559. The molecule has 0 aliphatic heterocycles. The molecule has 0 bridgehead atoms. The van der Waals surface area contributed by atoms with Crippen molar-refractivity contribution in [3.63, 3.8) is 0 Å². The number of rotatable bonds is 19. The van der Waals surface area contributed by atoms with Crippen molar-refractivity contribution in [2.45, 2.75) is 110 Å². The van der Waals surface area contributed by atoms with Crippen LogP contribution in [-0.2, 0) is 32.9 Å². The van der Waals surface area contributed by atoms with Gasteiger partial charge >= 0.3 is 71.1 Å². The van der Waals surface area contributed by atoms with Gasteiger partial charge in [-0.2, -0.15) is 0 Å². The van der Waals surface area contributed by atoms with Gasteiger partial charge in [0.05, 0.1) is 14.4 Å². The normalized spacial score (nSPS) is 9.30. The Morgan fingerprint density at radius 2 is 1.13 bits per heavy atom. The SMILES string of the molecule is CC#CC#CC#CC#CC#CC#CC(=O)OC[C@H](COP(=O)([O-])[O-])OC(=O)CCCCCCCCCCCCCC.CC(N)=O.[HH].[HH].[HH].[HH].[HH].[HH].[HH].[HH].[HH].[HH].[HH].[Na+].[Na+]. The number of phosphoric ester groups is 1. The number of carbonyl (C=O) groups is 3.